The van der Waals surface area contributed by atoms with E-state index in [9.17, 15) is 4.79 Å². The Labute approximate surface area is 84.1 Å². The lowest BCUT2D eigenvalue weighted by Gasteiger charge is -2.17. The van der Waals surface area contributed by atoms with Crippen molar-refractivity contribution in [1.29, 1.82) is 0 Å². The third-order valence-electron chi connectivity index (χ3n) is 2.28. The number of ether oxygens (including phenoxy) is 1. The predicted octanol–water partition coefficient (Wildman–Crippen LogP) is -0.321. The Morgan fingerprint density at radius 2 is 2.36 bits per heavy atom. The number of nitrogens with one attached hydrogen (secondary N) is 2. The Morgan fingerprint density at radius 1 is 1.57 bits per heavy atom. The Balaban J connectivity index is 2.38. The van der Waals surface area contributed by atoms with Crippen molar-refractivity contribution < 1.29 is 14.4 Å². The van der Waals surface area contributed by atoms with E-state index in [2.05, 4.69) is 22.6 Å². The molecule has 82 valence electrons. The molecular weight excluding hydrogens is 184 g/mol. The van der Waals surface area contributed by atoms with Gasteiger partial charge in [0.05, 0.1) is 26.2 Å². The van der Waals surface area contributed by atoms with Gasteiger partial charge in [-0.25, -0.2) is 5.48 Å². The minimum atomic E-state index is -0.138. The van der Waals surface area contributed by atoms with Crippen LogP contribution < -0.4 is 10.8 Å². The van der Waals surface area contributed by atoms with Crippen LogP contribution in [0.2, 0.25) is 0 Å². The van der Waals surface area contributed by atoms with Gasteiger partial charge in [0.2, 0.25) is 0 Å². The first-order valence-electron chi connectivity index (χ1n) is 4.93. The molecule has 5 nitrogen and oxygen atoms in total. The monoisotopic (exact) mass is 202 g/mol. The van der Waals surface area contributed by atoms with Crippen LogP contribution in [0, 0.1) is 5.92 Å². The van der Waals surface area contributed by atoms with E-state index in [0.29, 0.717) is 13.2 Å². The zero-order chi connectivity index (χ0) is 10.4. The molecule has 14 heavy (non-hydrogen) atoms. The molecule has 0 saturated carbocycles. The van der Waals surface area contributed by atoms with Crippen LogP contribution >= 0.6 is 0 Å². The minimum Gasteiger partial charge on any atom is -0.379 e. The first kappa shape index (κ1) is 11.4. The van der Waals surface area contributed by atoms with Gasteiger partial charge in [-0.15, -0.1) is 0 Å². The molecule has 2 N–H and O–H groups in total. The molecular formula is C9H18N2O3. The molecule has 1 fully saturated rings. The van der Waals surface area contributed by atoms with Crippen molar-refractivity contribution in [2.75, 3.05) is 26.9 Å². The second-order valence-electron chi connectivity index (χ2n) is 3.38. The first-order chi connectivity index (χ1) is 6.79. The van der Waals surface area contributed by atoms with Crippen LogP contribution in [0.3, 0.4) is 0 Å². The summed E-state index contributed by atoms with van der Waals surface area (Å²) in [7, 11) is 1.43. The van der Waals surface area contributed by atoms with Crippen LogP contribution in [-0.2, 0) is 14.4 Å². The Bertz CT molecular complexity index is 187. The number of hydrogen-bond acceptors (Lipinski definition) is 4. The quantitative estimate of drug-likeness (QED) is 0.600. The molecule has 0 bridgehead atoms. The number of hydrogen-bond donors (Lipinski definition) is 2. The van der Waals surface area contributed by atoms with Gasteiger partial charge in [-0.1, -0.05) is 6.92 Å². The standard InChI is InChI=1S/C9H18N2O3/c1-3-4-10-8-6-14-5-7(8)9(12)11-13-2/h7-8,10H,3-6H2,1-2H3,(H,11,12). The SMILES string of the molecule is CCCNC1COCC1C(=O)NOC. The fourth-order valence-electron chi connectivity index (χ4n) is 1.52. The van der Waals surface area contributed by atoms with Crippen molar-refractivity contribution in [3.63, 3.8) is 0 Å². The maximum atomic E-state index is 11.5. The zero-order valence-electron chi connectivity index (χ0n) is 8.71. The lowest BCUT2D eigenvalue weighted by molar-refractivity contribution is -0.136. The molecule has 0 aromatic heterocycles. The lowest BCUT2D eigenvalue weighted by Crippen LogP contribution is -2.43. The fourth-order valence-corrected chi connectivity index (χ4v) is 1.52. The van der Waals surface area contributed by atoms with Gasteiger partial charge in [-0.05, 0) is 13.0 Å². The number of rotatable bonds is 5. The Kier molecular flexibility index (Phi) is 4.86. The molecule has 1 aliphatic heterocycles. The summed E-state index contributed by atoms with van der Waals surface area (Å²) in [6.45, 7) is 4.07. The number of carbonyl (C=O) groups is 1. The summed E-state index contributed by atoms with van der Waals surface area (Å²) in [5.41, 5.74) is 2.33. The fraction of sp³-hybridized carbons (Fsp3) is 0.889. The highest BCUT2D eigenvalue weighted by Gasteiger charge is 2.33. The van der Waals surface area contributed by atoms with Gasteiger partial charge in [-0.3, -0.25) is 9.63 Å². The van der Waals surface area contributed by atoms with E-state index >= 15 is 0 Å². The summed E-state index contributed by atoms with van der Waals surface area (Å²) in [6.07, 6.45) is 1.05. The zero-order valence-corrected chi connectivity index (χ0v) is 8.71. The summed E-state index contributed by atoms with van der Waals surface area (Å²) in [5.74, 6) is -0.250. The van der Waals surface area contributed by atoms with Crippen LogP contribution in [0.1, 0.15) is 13.3 Å². The Morgan fingerprint density at radius 3 is 3.00 bits per heavy atom. The summed E-state index contributed by atoms with van der Waals surface area (Å²) < 4.78 is 5.26. The molecule has 0 aliphatic carbocycles. The van der Waals surface area contributed by atoms with Gasteiger partial charge in [0.25, 0.3) is 5.91 Å². The van der Waals surface area contributed by atoms with Gasteiger partial charge >= 0.3 is 0 Å². The van der Waals surface area contributed by atoms with Crippen molar-refractivity contribution in [3.05, 3.63) is 0 Å². The summed E-state index contributed by atoms with van der Waals surface area (Å²) in [5, 5.41) is 3.28. The number of hydroxylamine groups is 1. The molecule has 2 unspecified atom stereocenters. The molecule has 0 radical (unpaired) electrons. The average molecular weight is 202 g/mol. The summed E-state index contributed by atoms with van der Waals surface area (Å²) in [6, 6.07) is 0.116. The molecule has 0 aromatic carbocycles. The van der Waals surface area contributed by atoms with Gasteiger partial charge in [0, 0.05) is 6.04 Å². The topological polar surface area (TPSA) is 59.6 Å². The van der Waals surface area contributed by atoms with Crippen LogP contribution in [0.4, 0.5) is 0 Å². The van der Waals surface area contributed by atoms with Crippen molar-refractivity contribution in [2.45, 2.75) is 19.4 Å². The second kappa shape index (κ2) is 5.95. The molecule has 1 saturated heterocycles. The molecule has 5 heteroatoms. The van der Waals surface area contributed by atoms with E-state index < -0.39 is 0 Å². The van der Waals surface area contributed by atoms with Crippen molar-refractivity contribution in [2.24, 2.45) is 5.92 Å². The van der Waals surface area contributed by atoms with E-state index in [1.165, 1.54) is 7.11 Å². The number of carbonyl (C=O) groups excluding carboxylic acids is 1. The molecule has 0 spiro atoms. The van der Waals surface area contributed by atoms with Gasteiger partial charge in [-0.2, -0.15) is 0 Å². The maximum Gasteiger partial charge on any atom is 0.250 e. The lowest BCUT2D eigenvalue weighted by atomic mass is 10.0. The van der Waals surface area contributed by atoms with Crippen molar-refractivity contribution >= 4 is 5.91 Å². The van der Waals surface area contributed by atoms with E-state index in [1.807, 2.05) is 0 Å². The largest absolute Gasteiger partial charge is 0.379 e. The average Bonchev–Trinajstić information content (AvgIpc) is 2.63. The minimum absolute atomic E-state index is 0.112. The molecule has 1 heterocycles. The highest BCUT2D eigenvalue weighted by atomic mass is 16.6. The van der Waals surface area contributed by atoms with Gasteiger partial charge < -0.3 is 10.1 Å². The van der Waals surface area contributed by atoms with E-state index in [4.69, 9.17) is 4.74 Å². The van der Waals surface area contributed by atoms with E-state index in [0.717, 1.165) is 13.0 Å². The predicted molar refractivity (Wildman–Crippen MR) is 51.5 cm³/mol. The molecule has 1 rings (SSSR count). The van der Waals surface area contributed by atoms with Crippen LogP contribution in [0.15, 0.2) is 0 Å². The third-order valence-corrected chi connectivity index (χ3v) is 2.28. The van der Waals surface area contributed by atoms with Crippen LogP contribution in [-0.4, -0.2) is 38.8 Å². The van der Waals surface area contributed by atoms with E-state index in [-0.39, 0.29) is 17.9 Å². The summed E-state index contributed by atoms with van der Waals surface area (Å²) in [4.78, 5) is 16.0. The first-order valence-corrected chi connectivity index (χ1v) is 4.93. The molecule has 1 amide bonds. The molecule has 0 aromatic rings. The Hall–Kier alpha value is -0.650. The van der Waals surface area contributed by atoms with E-state index in [1.54, 1.807) is 0 Å². The van der Waals surface area contributed by atoms with Gasteiger partial charge in [0.15, 0.2) is 0 Å². The normalized spacial score (nSPS) is 26.4. The smallest absolute Gasteiger partial charge is 0.250 e. The van der Waals surface area contributed by atoms with Crippen LogP contribution in [0.5, 0.6) is 0 Å². The van der Waals surface area contributed by atoms with Gasteiger partial charge in [0.1, 0.15) is 0 Å². The van der Waals surface area contributed by atoms with Crippen molar-refractivity contribution in [3.8, 4) is 0 Å². The summed E-state index contributed by atoms with van der Waals surface area (Å²) >= 11 is 0. The van der Waals surface area contributed by atoms with Crippen LogP contribution in [0.25, 0.3) is 0 Å². The molecule has 2 atom stereocenters. The molecule has 1 aliphatic rings. The second-order valence-corrected chi connectivity index (χ2v) is 3.38. The number of amides is 1. The van der Waals surface area contributed by atoms with Crippen molar-refractivity contribution in [1.82, 2.24) is 10.8 Å². The third kappa shape index (κ3) is 2.94. The highest BCUT2D eigenvalue weighted by molar-refractivity contribution is 5.78. The maximum absolute atomic E-state index is 11.5. The highest BCUT2D eigenvalue weighted by Crippen LogP contribution is 2.13.